The summed E-state index contributed by atoms with van der Waals surface area (Å²) in [5, 5.41) is 23.2. The Balaban J connectivity index is 3.33. The molecule has 0 aliphatic heterocycles. The van der Waals surface area contributed by atoms with Gasteiger partial charge in [0, 0.05) is 12.8 Å². The maximum absolute atomic E-state index is 12.5. The lowest BCUT2D eigenvalue weighted by atomic mass is 10.0. The van der Waals surface area contributed by atoms with Crippen molar-refractivity contribution in [2.45, 2.75) is 379 Å². The zero-order valence-corrected chi connectivity index (χ0v) is 49.4. The van der Waals surface area contributed by atoms with Gasteiger partial charge in [0.05, 0.1) is 25.4 Å². The maximum atomic E-state index is 12.5. The van der Waals surface area contributed by atoms with Crippen molar-refractivity contribution in [2.75, 3.05) is 13.2 Å². The standard InChI is InChI=1S/C67H129NO5/c1-3-5-7-9-11-13-15-17-18-19-27-31-34-37-41-45-49-53-57-61-67(72)73-62-58-54-50-46-42-38-35-32-29-26-24-22-20-21-23-25-28-30-33-36-40-44-48-52-56-60-66(71)68-64(63-69)65(70)59-55-51-47-43-39-16-14-12-10-8-6-4-2/h11,13,17-18,64-65,69-70H,3-10,12,14-16,19-63H2,1-2H3,(H,68,71)/b13-11-,18-17-. The van der Waals surface area contributed by atoms with E-state index in [-0.39, 0.29) is 18.5 Å². The van der Waals surface area contributed by atoms with Crippen LogP contribution in [0.15, 0.2) is 24.3 Å². The van der Waals surface area contributed by atoms with Gasteiger partial charge >= 0.3 is 5.97 Å². The summed E-state index contributed by atoms with van der Waals surface area (Å²) < 4.78 is 5.50. The van der Waals surface area contributed by atoms with Crippen molar-refractivity contribution in [1.29, 1.82) is 0 Å². The molecule has 6 nitrogen and oxygen atoms in total. The minimum absolute atomic E-state index is 0.0131. The van der Waals surface area contributed by atoms with Crippen LogP contribution in [-0.4, -0.2) is 47.4 Å². The van der Waals surface area contributed by atoms with Gasteiger partial charge in [0.15, 0.2) is 0 Å². The van der Waals surface area contributed by atoms with E-state index in [0.29, 0.717) is 25.9 Å². The van der Waals surface area contributed by atoms with Crippen molar-refractivity contribution >= 4 is 11.9 Å². The van der Waals surface area contributed by atoms with Gasteiger partial charge in [-0.2, -0.15) is 0 Å². The first-order chi connectivity index (χ1) is 36.0. The number of aliphatic hydroxyl groups is 2. The summed E-state index contributed by atoms with van der Waals surface area (Å²) in [6.07, 6.45) is 77.8. The summed E-state index contributed by atoms with van der Waals surface area (Å²) in [7, 11) is 0. The average Bonchev–Trinajstić information content (AvgIpc) is 3.39. The van der Waals surface area contributed by atoms with Gasteiger partial charge in [0.25, 0.3) is 0 Å². The molecule has 0 heterocycles. The first kappa shape index (κ1) is 71.3. The average molecular weight is 1030 g/mol. The topological polar surface area (TPSA) is 95.9 Å². The van der Waals surface area contributed by atoms with Crippen LogP contribution in [0, 0.1) is 0 Å². The number of amides is 1. The molecule has 2 unspecified atom stereocenters. The summed E-state index contributed by atoms with van der Waals surface area (Å²) in [5.41, 5.74) is 0. The summed E-state index contributed by atoms with van der Waals surface area (Å²) in [6, 6.07) is -0.539. The van der Waals surface area contributed by atoms with E-state index in [4.69, 9.17) is 4.74 Å². The van der Waals surface area contributed by atoms with Gasteiger partial charge in [-0.05, 0) is 57.8 Å². The second-order valence-electron chi connectivity index (χ2n) is 22.8. The van der Waals surface area contributed by atoms with Crippen LogP contribution < -0.4 is 5.32 Å². The molecular weight excluding hydrogens is 899 g/mol. The minimum atomic E-state index is -0.662. The fraction of sp³-hybridized carbons (Fsp3) is 0.910. The highest BCUT2D eigenvalue weighted by molar-refractivity contribution is 5.76. The largest absolute Gasteiger partial charge is 0.466 e. The SMILES string of the molecule is CCCCC/C=C\C/C=C\CCCCCCCCCCCC(=O)OCCCCCCCCCCCCCCCCCCCCCCCCCCCC(=O)NC(CO)C(O)CCCCCCCCCCCCCC. The number of nitrogens with one attached hydrogen (secondary N) is 1. The van der Waals surface area contributed by atoms with Gasteiger partial charge in [-0.1, -0.05) is 321 Å². The maximum Gasteiger partial charge on any atom is 0.305 e. The van der Waals surface area contributed by atoms with E-state index in [1.807, 2.05) is 0 Å². The van der Waals surface area contributed by atoms with Crippen LogP contribution >= 0.6 is 0 Å². The monoisotopic (exact) mass is 1030 g/mol. The Morgan fingerprint density at radius 1 is 0.384 bits per heavy atom. The Kier molecular flexibility index (Phi) is 61.4. The zero-order chi connectivity index (χ0) is 52.9. The highest BCUT2D eigenvalue weighted by Gasteiger charge is 2.20. The van der Waals surface area contributed by atoms with E-state index in [0.717, 1.165) is 51.4 Å². The van der Waals surface area contributed by atoms with Crippen LogP contribution in [0.3, 0.4) is 0 Å². The van der Waals surface area contributed by atoms with Crippen molar-refractivity contribution in [3.8, 4) is 0 Å². The highest BCUT2D eigenvalue weighted by atomic mass is 16.5. The number of rotatable bonds is 62. The summed E-state index contributed by atoms with van der Waals surface area (Å²) in [5.74, 6) is -0.0190. The van der Waals surface area contributed by atoms with Crippen LogP contribution in [0.4, 0.5) is 0 Å². The molecule has 6 heteroatoms. The molecule has 0 radical (unpaired) electrons. The molecule has 1 amide bonds. The third kappa shape index (κ3) is 59.4. The van der Waals surface area contributed by atoms with Gasteiger partial charge in [-0.15, -0.1) is 0 Å². The van der Waals surface area contributed by atoms with E-state index in [9.17, 15) is 19.8 Å². The number of carbonyl (C=O) groups is 2. The lowest BCUT2D eigenvalue weighted by Gasteiger charge is -2.22. The third-order valence-electron chi connectivity index (χ3n) is 15.5. The number of allylic oxidation sites excluding steroid dienone is 4. The van der Waals surface area contributed by atoms with Crippen LogP contribution in [0.25, 0.3) is 0 Å². The van der Waals surface area contributed by atoms with Crippen LogP contribution in [-0.2, 0) is 14.3 Å². The molecule has 0 aliphatic rings. The van der Waals surface area contributed by atoms with E-state index in [1.54, 1.807) is 0 Å². The number of carbonyl (C=O) groups excluding carboxylic acids is 2. The molecule has 0 saturated carbocycles. The molecule has 2 atom stereocenters. The Morgan fingerprint density at radius 2 is 0.685 bits per heavy atom. The normalized spacial score (nSPS) is 12.7. The van der Waals surface area contributed by atoms with Crippen molar-refractivity contribution in [3.05, 3.63) is 24.3 Å². The predicted octanol–water partition coefficient (Wildman–Crippen LogP) is 21.0. The Bertz CT molecular complexity index is 1140. The van der Waals surface area contributed by atoms with E-state index in [2.05, 4.69) is 43.5 Å². The number of hydrogen-bond acceptors (Lipinski definition) is 5. The Morgan fingerprint density at radius 3 is 1.07 bits per heavy atom. The molecule has 3 N–H and O–H groups in total. The summed E-state index contributed by atoms with van der Waals surface area (Å²) in [6.45, 7) is 4.95. The van der Waals surface area contributed by atoms with E-state index >= 15 is 0 Å². The molecular formula is C67H129NO5. The third-order valence-corrected chi connectivity index (χ3v) is 15.5. The molecule has 0 aliphatic carbocycles. The molecule has 0 aromatic rings. The Hall–Kier alpha value is -1.66. The lowest BCUT2D eigenvalue weighted by Crippen LogP contribution is -2.45. The molecule has 73 heavy (non-hydrogen) atoms. The van der Waals surface area contributed by atoms with E-state index < -0.39 is 12.1 Å². The quantitative estimate of drug-likeness (QED) is 0.0320. The first-order valence-corrected chi connectivity index (χ1v) is 33.1. The molecule has 0 spiro atoms. The summed E-state index contributed by atoms with van der Waals surface area (Å²) in [4.78, 5) is 24.6. The molecule has 432 valence electrons. The van der Waals surface area contributed by atoms with Gasteiger partial charge in [-0.25, -0.2) is 0 Å². The van der Waals surface area contributed by atoms with Gasteiger partial charge in [0.2, 0.25) is 5.91 Å². The fourth-order valence-corrected chi connectivity index (χ4v) is 10.4. The number of aliphatic hydroxyl groups excluding tert-OH is 2. The smallest absolute Gasteiger partial charge is 0.305 e. The number of ether oxygens (including phenoxy) is 1. The van der Waals surface area contributed by atoms with Crippen molar-refractivity contribution in [1.82, 2.24) is 5.32 Å². The van der Waals surface area contributed by atoms with Crippen LogP contribution in [0.5, 0.6) is 0 Å². The highest BCUT2D eigenvalue weighted by Crippen LogP contribution is 2.18. The van der Waals surface area contributed by atoms with E-state index in [1.165, 1.54) is 283 Å². The second kappa shape index (κ2) is 62.9. The van der Waals surface area contributed by atoms with Crippen molar-refractivity contribution in [3.63, 3.8) is 0 Å². The molecule has 0 saturated heterocycles. The number of unbranched alkanes of at least 4 members (excludes halogenated alkanes) is 47. The van der Waals surface area contributed by atoms with Gasteiger partial charge in [0.1, 0.15) is 0 Å². The van der Waals surface area contributed by atoms with Gasteiger partial charge < -0.3 is 20.3 Å². The zero-order valence-electron chi connectivity index (χ0n) is 49.4. The van der Waals surface area contributed by atoms with Crippen molar-refractivity contribution in [2.24, 2.45) is 0 Å². The number of esters is 1. The summed E-state index contributed by atoms with van der Waals surface area (Å²) >= 11 is 0. The lowest BCUT2D eigenvalue weighted by molar-refractivity contribution is -0.143. The minimum Gasteiger partial charge on any atom is -0.466 e. The molecule has 0 aromatic carbocycles. The molecule has 0 fully saturated rings. The molecule has 0 rings (SSSR count). The molecule has 0 aromatic heterocycles. The van der Waals surface area contributed by atoms with Gasteiger partial charge in [-0.3, -0.25) is 9.59 Å². The molecule has 0 bridgehead atoms. The van der Waals surface area contributed by atoms with Crippen LogP contribution in [0.2, 0.25) is 0 Å². The number of hydrogen-bond donors (Lipinski definition) is 3. The Labute approximate surface area is 456 Å². The van der Waals surface area contributed by atoms with Crippen LogP contribution in [0.1, 0.15) is 367 Å². The second-order valence-corrected chi connectivity index (χ2v) is 22.8. The predicted molar refractivity (Wildman–Crippen MR) is 320 cm³/mol. The van der Waals surface area contributed by atoms with Crippen molar-refractivity contribution < 1.29 is 24.5 Å². The first-order valence-electron chi connectivity index (χ1n) is 33.1. The fourth-order valence-electron chi connectivity index (χ4n) is 10.4.